The average Bonchev–Trinajstić information content (AvgIpc) is 2.72. The van der Waals surface area contributed by atoms with Gasteiger partial charge in [0, 0.05) is 20.7 Å². The van der Waals surface area contributed by atoms with Crippen molar-refractivity contribution < 1.29 is 4.79 Å². The van der Waals surface area contributed by atoms with Crippen molar-refractivity contribution in [2.24, 2.45) is 5.73 Å². The number of primary amides is 1. The summed E-state index contributed by atoms with van der Waals surface area (Å²) in [5.41, 5.74) is 6.68. The Bertz CT molecular complexity index is 556. The zero-order valence-corrected chi connectivity index (χ0v) is 11.8. The Morgan fingerprint density at radius 1 is 1.33 bits per heavy atom. The SMILES string of the molecule is NC(=O)Nc1cccc(NCc2sccc2Br)c1. The third-order valence-electron chi connectivity index (χ3n) is 2.27. The van der Waals surface area contributed by atoms with E-state index in [0.29, 0.717) is 5.69 Å². The average molecular weight is 326 g/mol. The van der Waals surface area contributed by atoms with Crippen LogP contribution < -0.4 is 16.4 Å². The van der Waals surface area contributed by atoms with Crippen LogP contribution in [0.5, 0.6) is 0 Å². The van der Waals surface area contributed by atoms with Crippen LogP contribution in [0.15, 0.2) is 40.2 Å². The number of carbonyl (C=O) groups is 1. The second-order valence-corrected chi connectivity index (χ2v) is 5.47. The number of hydrogen-bond acceptors (Lipinski definition) is 3. The Morgan fingerprint density at radius 3 is 2.78 bits per heavy atom. The lowest BCUT2D eigenvalue weighted by atomic mass is 10.2. The topological polar surface area (TPSA) is 67.2 Å². The molecular formula is C12H12BrN3OS. The van der Waals surface area contributed by atoms with Gasteiger partial charge in [-0.05, 0) is 45.6 Å². The molecule has 94 valence electrons. The van der Waals surface area contributed by atoms with Crippen molar-refractivity contribution in [1.29, 1.82) is 0 Å². The molecule has 0 spiro atoms. The highest BCUT2D eigenvalue weighted by Gasteiger charge is 2.02. The number of nitrogens with two attached hydrogens (primary N) is 1. The highest BCUT2D eigenvalue weighted by Crippen LogP contribution is 2.24. The van der Waals surface area contributed by atoms with Crippen LogP contribution in [0.2, 0.25) is 0 Å². The van der Waals surface area contributed by atoms with Crippen molar-refractivity contribution in [2.45, 2.75) is 6.54 Å². The van der Waals surface area contributed by atoms with E-state index < -0.39 is 6.03 Å². The molecule has 0 aliphatic carbocycles. The van der Waals surface area contributed by atoms with E-state index in [0.717, 1.165) is 16.7 Å². The van der Waals surface area contributed by atoms with Crippen LogP contribution in [0.1, 0.15) is 4.88 Å². The summed E-state index contributed by atoms with van der Waals surface area (Å²) in [6.07, 6.45) is 0. The minimum absolute atomic E-state index is 0.562. The number of rotatable bonds is 4. The van der Waals surface area contributed by atoms with E-state index in [1.807, 2.05) is 29.6 Å². The molecule has 0 radical (unpaired) electrons. The fourth-order valence-corrected chi connectivity index (χ4v) is 2.91. The zero-order chi connectivity index (χ0) is 13.0. The lowest BCUT2D eigenvalue weighted by molar-refractivity contribution is 0.259. The molecule has 0 aliphatic heterocycles. The third-order valence-corrected chi connectivity index (χ3v) is 4.20. The van der Waals surface area contributed by atoms with Crippen LogP contribution in [0.3, 0.4) is 0 Å². The van der Waals surface area contributed by atoms with Crippen LogP contribution in [0.4, 0.5) is 16.2 Å². The lowest BCUT2D eigenvalue weighted by Crippen LogP contribution is -2.19. The van der Waals surface area contributed by atoms with Gasteiger partial charge >= 0.3 is 6.03 Å². The first-order chi connectivity index (χ1) is 8.65. The first-order valence-electron chi connectivity index (χ1n) is 5.27. The Balaban J connectivity index is 2.01. The van der Waals surface area contributed by atoms with Gasteiger partial charge in [0.2, 0.25) is 0 Å². The van der Waals surface area contributed by atoms with Crippen LogP contribution in [0.25, 0.3) is 0 Å². The normalized spacial score (nSPS) is 10.1. The van der Waals surface area contributed by atoms with Gasteiger partial charge in [-0.3, -0.25) is 0 Å². The fourth-order valence-electron chi connectivity index (χ4n) is 1.48. The maximum Gasteiger partial charge on any atom is 0.316 e. The van der Waals surface area contributed by atoms with Crippen molar-refractivity contribution in [3.63, 3.8) is 0 Å². The van der Waals surface area contributed by atoms with E-state index in [4.69, 9.17) is 5.73 Å². The summed E-state index contributed by atoms with van der Waals surface area (Å²) in [7, 11) is 0. The van der Waals surface area contributed by atoms with Gasteiger partial charge in [0.15, 0.2) is 0 Å². The Labute approximate surface area is 117 Å². The molecule has 1 aromatic heterocycles. The molecule has 0 saturated carbocycles. The van der Waals surface area contributed by atoms with Crippen molar-refractivity contribution >= 4 is 44.7 Å². The number of halogens is 1. The minimum atomic E-state index is -0.562. The number of amides is 2. The number of thiophene rings is 1. The first-order valence-corrected chi connectivity index (χ1v) is 6.94. The van der Waals surface area contributed by atoms with Crippen LogP contribution in [0, 0.1) is 0 Å². The largest absolute Gasteiger partial charge is 0.380 e. The molecule has 6 heteroatoms. The van der Waals surface area contributed by atoms with Gasteiger partial charge in [-0.25, -0.2) is 4.79 Å². The molecule has 0 bridgehead atoms. The van der Waals surface area contributed by atoms with Crippen LogP contribution in [-0.2, 0) is 6.54 Å². The molecule has 1 heterocycles. The smallest absolute Gasteiger partial charge is 0.316 e. The van der Waals surface area contributed by atoms with Gasteiger partial charge in [-0.1, -0.05) is 6.07 Å². The molecule has 4 nitrogen and oxygen atoms in total. The van der Waals surface area contributed by atoms with Gasteiger partial charge in [0.1, 0.15) is 0 Å². The van der Waals surface area contributed by atoms with Crippen molar-refractivity contribution in [2.75, 3.05) is 10.6 Å². The van der Waals surface area contributed by atoms with Gasteiger partial charge in [-0.2, -0.15) is 0 Å². The van der Waals surface area contributed by atoms with E-state index in [-0.39, 0.29) is 0 Å². The lowest BCUT2D eigenvalue weighted by Gasteiger charge is -2.08. The molecule has 2 aromatic rings. The Morgan fingerprint density at radius 2 is 2.11 bits per heavy atom. The van der Waals surface area contributed by atoms with Gasteiger partial charge in [0.05, 0.1) is 6.54 Å². The molecular weight excluding hydrogens is 314 g/mol. The molecule has 0 saturated heterocycles. The molecule has 0 aliphatic rings. The zero-order valence-electron chi connectivity index (χ0n) is 9.44. The van der Waals surface area contributed by atoms with Crippen molar-refractivity contribution in [3.8, 4) is 0 Å². The first kappa shape index (κ1) is 12.9. The molecule has 1 aromatic carbocycles. The van der Waals surface area contributed by atoms with Gasteiger partial charge in [0.25, 0.3) is 0 Å². The fraction of sp³-hybridized carbons (Fsp3) is 0.0833. The summed E-state index contributed by atoms with van der Waals surface area (Å²) in [6, 6.07) is 8.88. The summed E-state index contributed by atoms with van der Waals surface area (Å²) in [4.78, 5) is 12.0. The molecule has 2 rings (SSSR count). The van der Waals surface area contributed by atoms with Crippen molar-refractivity contribution in [1.82, 2.24) is 0 Å². The molecule has 4 N–H and O–H groups in total. The van der Waals surface area contributed by atoms with E-state index in [9.17, 15) is 4.79 Å². The number of carbonyl (C=O) groups excluding carboxylic acids is 1. The monoisotopic (exact) mass is 325 g/mol. The molecule has 0 fully saturated rings. The number of benzene rings is 1. The van der Waals surface area contributed by atoms with Crippen molar-refractivity contribution in [3.05, 3.63) is 45.1 Å². The van der Waals surface area contributed by atoms with E-state index in [2.05, 4.69) is 26.6 Å². The third kappa shape index (κ3) is 3.48. The molecule has 18 heavy (non-hydrogen) atoms. The van der Waals surface area contributed by atoms with Gasteiger partial charge < -0.3 is 16.4 Å². The molecule has 0 unspecified atom stereocenters. The number of nitrogens with one attached hydrogen (secondary N) is 2. The summed E-state index contributed by atoms with van der Waals surface area (Å²) in [5.74, 6) is 0. The molecule has 0 atom stereocenters. The second kappa shape index (κ2) is 5.88. The summed E-state index contributed by atoms with van der Waals surface area (Å²) in [6.45, 7) is 0.734. The summed E-state index contributed by atoms with van der Waals surface area (Å²) < 4.78 is 1.10. The van der Waals surface area contributed by atoms with E-state index >= 15 is 0 Å². The maximum atomic E-state index is 10.8. The maximum absolute atomic E-state index is 10.8. The number of hydrogen-bond donors (Lipinski definition) is 3. The summed E-state index contributed by atoms with van der Waals surface area (Å²) in [5, 5.41) is 7.87. The van der Waals surface area contributed by atoms with Crippen LogP contribution >= 0.6 is 27.3 Å². The number of urea groups is 1. The highest BCUT2D eigenvalue weighted by molar-refractivity contribution is 9.10. The Hall–Kier alpha value is -1.53. The number of anilines is 2. The standard InChI is InChI=1S/C12H12BrN3OS/c13-10-4-5-18-11(10)7-15-8-2-1-3-9(6-8)16-12(14)17/h1-6,15H,7H2,(H3,14,16,17). The Kier molecular flexibility index (Phi) is 4.22. The second-order valence-electron chi connectivity index (χ2n) is 3.62. The highest BCUT2D eigenvalue weighted by atomic mass is 79.9. The predicted octanol–water partition coefficient (Wildman–Crippen LogP) is 3.61. The predicted molar refractivity (Wildman–Crippen MR) is 79.0 cm³/mol. The minimum Gasteiger partial charge on any atom is -0.380 e. The van der Waals surface area contributed by atoms with Crippen LogP contribution in [-0.4, -0.2) is 6.03 Å². The summed E-state index contributed by atoms with van der Waals surface area (Å²) >= 11 is 5.17. The molecule has 2 amide bonds. The quantitative estimate of drug-likeness (QED) is 0.803. The van der Waals surface area contributed by atoms with E-state index in [1.54, 1.807) is 17.4 Å². The van der Waals surface area contributed by atoms with Gasteiger partial charge in [-0.15, -0.1) is 11.3 Å². The van der Waals surface area contributed by atoms with E-state index in [1.165, 1.54) is 4.88 Å².